The Morgan fingerprint density at radius 2 is 1.66 bits per heavy atom. The minimum absolute atomic E-state index is 0.116. The summed E-state index contributed by atoms with van der Waals surface area (Å²) in [5.74, 6) is -1.20. The van der Waals surface area contributed by atoms with Gasteiger partial charge in [-0.2, -0.15) is 0 Å². The number of aryl methyl sites for hydroxylation is 2. The largest absolute Gasteiger partial charge is 0.484 e. The minimum Gasteiger partial charge on any atom is -0.408 e. The maximum atomic E-state index is 13.0. The third-order valence-electron chi connectivity index (χ3n) is 7.86. The molecule has 2 aliphatic rings. The Balaban J connectivity index is 1.49. The van der Waals surface area contributed by atoms with Gasteiger partial charge in [0, 0.05) is 38.3 Å². The molecule has 1 saturated carbocycles. The van der Waals surface area contributed by atoms with Gasteiger partial charge in [0.1, 0.15) is 0 Å². The van der Waals surface area contributed by atoms with Crippen LogP contribution in [0.5, 0.6) is 0 Å². The van der Waals surface area contributed by atoms with Crippen LogP contribution in [0.15, 0.2) is 18.2 Å². The molecule has 18 heteroatoms. The Morgan fingerprint density at radius 3 is 2.20 bits per heavy atom. The first-order chi connectivity index (χ1) is 20.4. The van der Waals surface area contributed by atoms with Gasteiger partial charge in [-0.1, -0.05) is 31.5 Å². The van der Waals surface area contributed by atoms with Gasteiger partial charge in [-0.05, 0) is 56.7 Å². The predicted molar refractivity (Wildman–Crippen MR) is 161 cm³/mol. The second-order valence-electron chi connectivity index (χ2n) is 11.8. The summed E-state index contributed by atoms with van der Waals surface area (Å²) in [6.45, 7) is 9.55. The van der Waals surface area contributed by atoms with E-state index in [1.165, 1.54) is 0 Å². The second kappa shape index (κ2) is 15.0. The molecule has 0 radical (unpaired) electrons. The molecule has 3 amide bonds. The van der Waals surface area contributed by atoms with E-state index in [4.69, 9.17) is 28.9 Å². The normalized spacial score (nSPS) is 21.5. The van der Waals surface area contributed by atoms with Crippen LogP contribution in [-0.2, 0) is 28.0 Å². The van der Waals surface area contributed by atoms with E-state index in [1.54, 1.807) is 11.4 Å². The molecule has 1 saturated heterocycles. The summed E-state index contributed by atoms with van der Waals surface area (Å²) >= 11 is 0. The Kier molecular flexibility index (Phi) is 12.4. The zero-order chi connectivity index (χ0) is 32.9. The molecule has 0 bridgehead atoms. The van der Waals surface area contributed by atoms with E-state index in [2.05, 4.69) is 24.5 Å². The van der Waals surface area contributed by atoms with Crippen LogP contribution in [0, 0.1) is 25.7 Å². The standard InChI is InChI=1S/C26H43BN4O11P2/c1-17(2)21-15-26(21,30-23(33)16-28-24(34)20-14-18(3)7-8-19(20)4)27-41-12-10-31(11-13-42-27)9-5-6-22(32)29-25(43(35,36)37)44(38,39)40/h7-8,14,17,21,25H,5-6,9-13,15-16H2,1-4H3,(H,28,34)(H,29,32)(H,30,33)(H2,35,36,37)(H2,38,39,40)/t21-,26-/m0/s1. The zero-order valence-corrected chi connectivity index (χ0v) is 27.2. The Morgan fingerprint density at radius 1 is 1.05 bits per heavy atom. The molecule has 3 rings (SSSR count). The van der Waals surface area contributed by atoms with Crippen LogP contribution in [0.3, 0.4) is 0 Å². The monoisotopic (exact) mass is 660 g/mol. The van der Waals surface area contributed by atoms with Gasteiger partial charge in [-0.3, -0.25) is 28.4 Å². The van der Waals surface area contributed by atoms with Gasteiger partial charge >= 0.3 is 22.3 Å². The molecule has 44 heavy (non-hydrogen) atoms. The van der Waals surface area contributed by atoms with E-state index in [9.17, 15) is 23.5 Å². The molecular formula is C26H43BN4O11P2. The number of carbonyl (C=O) groups is 3. The highest BCUT2D eigenvalue weighted by molar-refractivity contribution is 7.70. The van der Waals surface area contributed by atoms with Crippen molar-refractivity contribution in [3.05, 3.63) is 34.9 Å². The number of hydrogen-bond donors (Lipinski definition) is 7. The van der Waals surface area contributed by atoms with E-state index in [0.717, 1.165) is 11.1 Å². The Labute approximate surface area is 257 Å². The van der Waals surface area contributed by atoms with Crippen LogP contribution < -0.4 is 16.0 Å². The third-order valence-corrected chi connectivity index (χ3v) is 11.2. The topological polar surface area (TPSA) is 224 Å². The van der Waals surface area contributed by atoms with Gasteiger partial charge in [0.2, 0.25) is 17.3 Å². The molecule has 1 aliphatic carbocycles. The minimum atomic E-state index is -5.26. The van der Waals surface area contributed by atoms with E-state index >= 15 is 0 Å². The number of rotatable bonds is 13. The van der Waals surface area contributed by atoms with Crippen molar-refractivity contribution in [2.75, 3.05) is 39.4 Å². The maximum absolute atomic E-state index is 13.0. The molecule has 2 fully saturated rings. The van der Waals surface area contributed by atoms with E-state index in [0.29, 0.717) is 31.6 Å². The first-order valence-electron chi connectivity index (χ1n) is 14.5. The molecule has 1 aromatic carbocycles. The van der Waals surface area contributed by atoms with Gasteiger partial charge in [0.25, 0.3) is 5.91 Å². The highest BCUT2D eigenvalue weighted by Gasteiger charge is 2.66. The van der Waals surface area contributed by atoms with Crippen LogP contribution in [0.1, 0.15) is 54.6 Å². The van der Waals surface area contributed by atoms with Crippen molar-refractivity contribution < 1.29 is 52.4 Å². The van der Waals surface area contributed by atoms with Gasteiger partial charge in [0.15, 0.2) is 0 Å². The smallest absolute Gasteiger partial charge is 0.408 e. The highest BCUT2D eigenvalue weighted by atomic mass is 31.2. The van der Waals surface area contributed by atoms with E-state index < -0.39 is 39.2 Å². The molecule has 2 atom stereocenters. The molecule has 15 nitrogen and oxygen atoms in total. The zero-order valence-electron chi connectivity index (χ0n) is 25.4. The van der Waals surface area contributed by atoms with Crippen LogP contribution in [0.2, 0.25) is 0 Å². The average molecular weight is 660 g/mol. The lowest BCUT2D eigenvalue weighted by Gasteiger charge is -2.32. The molecule has 1 aromatic rings. The van der Waals surface area contributed by atoms with Crippen LogP contribution >= 0.6 is 15.2 Å². The fraction of sp³-hybridized carbons (Fsp3) is 0.654. The molecule has 246 valence electrons. The fourth-order valence-electron chi connectivity index (χ4n) is 5.45. The van der Waals surface area contributed by atoms with Crippen molar-refractivity contribution in [3.8, 4) is 0 Å². The van der Waals surface area contributed by atoms with E-state index in [-0.39, 0.29) is 56.3 Å². The number of carbonyl (C=O) groups excluding carboxylic acids is 3. The van der Waals surface area contributed by atoms with Crippen molar-refractivity contribution in [1.82, 2.24) is 20.9 Å². The third kappa shape index (κ3) is 9.94. The van der Waals surface area contributed by atoms with Crippen LogP contribution in [-0.4, -0.2) is 99.7 Å². The average Bonchev–Trinajstić information content (AvgIpc) is 3.62. The van der Waals surface area contributed by atoms with Gasteiger partial charge in [-0.25, -0.2) is 0 Å². The summed E-state index contributed by atoms with van der Waals surface area (Å²) in [4.78, 5) is 76.4. The summed E-state index contributed by atoms with van der Waals surface area (Å²) in [5.41, 5.74) is -1.04. The number of nitrogens with one attached hydrogen (secondary N) is 3. The summed E-state index contributed by atoms with van der Waals surface area (Å²) in [5, 5.41) is 7.52. The summed E-state index contributed by atoms with van der Waals surface area (Å²) in [6, 6.07) is 5.56. The van der Waals surface area contributed by atoms with Crippen molar-refractivity contribution in [2.24, 2.45) is 11.8 Å². The molecule has 1 heterocycles. The van der Waals surface area contributed by atoms with Crippen molar-refractivity contribution in [2.45, 2.75) is 57.9 Å². The highest BCUT2D eigenvalue weighted by Crippen LogP contribution is 2.58. The first kappa shape index (κ1) is 36.3. The van der Waals surface area contributed by atoms with E-state index in [1.807, 2.05) is 30.9 Å². The molecule has 0 aromatic heterocycles. The quantitative estimate of drug-likeness (QED) is 0.113. The summed E-state index contributed by atoms with van der Waals surface area (Å²) < 4.78 is 34.9. The van der Waals surface area contributed by atoms with Crippen molar-refractivity contribution in [1.29, 1.82) is 0 Å². The molecule has 7 N–H and O–H groups in total. The molecule has 0 spiro atoms. The number of nitrogens with zero attached hydrogens (tertiary/aromatic N) is 1. The fourth-order valence-corrected chi connectivity index (χ4v) is 7.64. The van der Waals surface area contributed by atoms with Crippen molar-refractivity contribution in [3.63, 3.8) is 0 Å². The summed E-state index contributed by atoms with van der Waals surface area (Å²) in [7, 11) is -11.2. The molecule has 0 unspecified atom stereocenters. The Hall–Kier alpha value is -2.13. The predicted octanol–water partition coefficient (Wildman–Crippen LogP) is 0.476. The second-order valence-corrected chi connectivity index (χ2v) is 15.6. The maximum Gasteiger partial charge on any atom is 0.484 e. The molecule has 1 aliphatic heterocycles. The van der Waals surface area contributed by atoms with Gasteiger partial charge in [0.05, 0.1) is 12.0 Å². The van der Waals surface area contributed by atoms with Gasteiger partial charge < -0.3 is 44.8 Å². The van der Waals surface area contributed by atoms with Gasteiger partial charge in [-0.15, -0.1) is 0 Å². The number of amides is 3. The SMILES string of the molecule is Cc1ccc(C)c(C(=O)NCC(=O)N[C@@]2(B3OCCN(CCCC(=O)NC(P(=O)(O)O)P(=O)(O)O)CCO3)C[C@H]2C(C)C)c1. The van der Waals surface area contributed by atoms with Crippen LogP contribution in [0.25, 0.3) is 0 Å². The first-order valence-corrected chi connectivity index (χ1v) is 17.8. The molecular weight excluding hydrogens is 617 g/mol. The lowest BCUT2D eigenvalue weighted by molar-refractivity contribution is -0.122. The Bertz CT molecular complexity index is 1270. The van der Waals surface area contributed by atoms with Crippen LogP contribution in [0.4, 0.5) is 0 Å². The lowest BCUT2D eigenvalue weighted by atomic mass is 9.71. The van der Waals surface area contributed by atoms with Crippen molar-refractivity contribution >= 4 is 40.0 Å². The lowest BCUT2D eigenvalue weighted by Crippen LogP contribution is -2.57. The number of benzene rings is 1. The summed E-state index contributed by atoms with van der Waals surface area (Å²) in [6.07, 6.45) is 0.713. The number of hydrogen-bond acceptors (Lipinski definition) is 8.